The van der Waals surface area contributed by atoms with Crippen LogP contribution >= 0.6 is 12.2 Å². The predicted octanol–water partition coefficient (Wildman–Crippen LogP) is 3.86. The van der Waals surface area contributed by atoms with Crippen LogP contribution in [0.5, 0.6) is 0 Å². The molecule has 3 rings (SSSR count). The van der Waals surface area contributed by atoms with Gasteiger partial charge in [-0.1, -0.05) is 50.2 Å². The van der Waals surface area contributed by atoms with E-state index in [0.29, 0.717) is 11.0 Å². The van der Waals surface area contributed by atoms with Gasteiger partial charge in [0.25, 0.3) is 0 Å². The van der Waals surface area contributed by atoms with Crippen molar-refractivity contribution < 1.29 is 0 Å². The Hall–Kier alpha value is -1.68. The van der Waals surface area contributed by atoms with Crippen molar-refractivity contribution in [1.82, 2.24) is 4.98 Å². The van der Waals surface area contributed by atoms with Gasteiger partial charge in [0.2, 0.25) is 0 Å². The average Bonchev–Trinajstić information content (AvgIpc) is 2.46. The summed E-state index contributed by atoms with van der Waals surface area (Å²) in [5, 5.41) is 4.65. The lowest BCUT2D eigenvalue weighted by Crippen LogP contribution is -2.28. The van der Waals surface area contributed by atoms with E-state index in [2.05, 4.69) is 12.2 Å². The van der Waals surface area contributed by atoms with Crippen LogP contribution in [0.25, 0.3) is 10.9 Å². The van der Waals surface area contributed by atoms with Gasteiger partial charge in [0, 0.05) is 11.4 Å². The molecule has 1 aliphatic carbocycles. The molecule has 3 N–H and O–H groups in total. The molecule has 3 nitrogen and oxygen atoms in total. The molecule has 2 aromatic rings. The van der Waals surface area contributed by atoms with Crippen LogP contribution in [0.2, 0.25) is 0 Å². The van der Waals surface area contributed by atoms with E-state index in [1.807, 2.05) is 30.3 Å². The smallest absolute Gasteiger partial charge is 0.137 e. The monoisotopic (exact) mass is 299 g/mol. The molecule has 1 fully saturated rings. The second-order valence-corrected chi connectivity index (χ2v) is 6.49. The topological polar surface area (TPSA) is 50.9 Å². The first-order chi connectivity index (χ1) is 10.1. The first-order valence-electron chi connectivity index (χ1n) is 7.59. The molecular formula is C17H21N3S. The average molecular weight is 299 g/mol. The van der Waals surface area contributed by atoms with Crippen molar-refractivity contribution in [2.45, 2.75) is 38.6 Å². The number of para-hydroxylation sites is 1. The number of benzene rings is 1. The van der Waals surface area contributed by atoms with Crippen molar-refractivity contribution in [1.29, 1.82) is 0 Å². The highest BCUT2D eigenvalue weighted by Gasteiger charge is 2.20. The Labute approximate surface area is 130 Å². The summed E-state index contributed by atoms with van der Waals surface area (Å²) < 4.78 is 0. The van der Waals surface area contributed by atoms with Crippen LogP contribution in [0.1, 0.15) is 38.2 Å². The van der Waals surface area contributed by atoms with Gasteiger partial charge in [-0.25, -0.2) is 4.98 Å². The number of hydrogen-bond donors (Lipinski definition) is 2. The third-order valence-electron chi connectivity index (χ3n) is 4.27. The van der Waals surface area contributed by atoms with Gasteiger partial charge >= 0.3 is 0 Å². The largest absolute Gasteiger partial charge is 0.389 e. The fraction of sp³-hybridized carbons (Fsp3) is 0.412. The maximum Gasteiger partial charge on any atom is 0.137 e. The van der Waals surface area contributed by atoms with E-state index in [4.69, 9.17) is 22.9 Å². The van der Waals surface area contributed by atoms with Crippen molar-refractivity contribution in [2.75, 3.05) is 5.32 Å². The summed E-state index contributed by atoms with van der Waals surface area (Å²) in [6.07, 6.45) is 4.97. The zero-order valence-electron chi connectivity index (χ0n) is 12.3. The molecule has 2 atom stereocenters. The molecule has 1 aromatic heterocycles. The molecule has 1 aromatic carbocycles. The van der Waals surface area contributed by atoms with Gasteiger partial charge in [-0.15, -0.1) is 0 Å². The molecule has 1 heterocycles. The van der Waals surface area contributed by atoms with Crippen LogP contribution < -0.4 is 11.1 Å². The minimum Gasteiger partial charge on any atom is -0.389 e. The number of nitrogens with two attached hydrogens (primary N) is 1. The van der Waals surface area contributed by atoms with Gasteiger partial charge < -0.3 is 11.1 Å². The Kier molecular flexibility index (Phi) is 4.06. The van der Waals surface area contributed by atoms with E-state index < -0.39 is 0 Å². The van der Waals surface area contributed by atoms with Crippen molar-refractivity contribution in [3.8, 4) is 0 Å². The number of nitrogens with one attached hydrogen (secondary N) is 1. The van der Waals surface area contributed by atoms with E-state index in [9.17, 15) is 0 Å². The van der Waals surface area contributed by atoms with E-state index in [1.54, 1.807) is 0 Å². The lowest BCUT2D eigenvalue weighted by molar-refractivity contribution is 0.358. The molecule has 0 saturated heterocycles. The van der Waals surface area contributed by atoms with E-state index in [-0.39, 0.29) is 0 Å². The summed E-state index contributed by atoms with van der Waals surface area (Å²) in [6, 6.07) is 10.6. The van der Waals surface area contributed by atoms with Crippen LogP contribution in [0.3, 0.4) is 0 Å². The lowest BCUT2D eigenvalue weighted by atomic mass is 9.87. The minimum atomic E-state index is 0.402. The Bertz CT molecular complexity index is 668. The summed E-state index contributed by atoms with van der Waals surface area (Å²) in [7, 11) is 0. The minimum absolute atomic E-state index is 0.402. The van der Waals surface area contributed by atoms with Gasteiger partial charge in [0.15, 0.2) is 0 Å². The summed E-state index contributed by atoms with van der Waals surface area (Å²) in [4.78, 5) is 5.14. The first kappa shape index (κ1) is 14.3. The number of thiocarbonyl (C=S) groups is 1. The summed E-state index contributed by atoms with van der Waals surface area (Å²) in [5.41, 5.74) is 7.71. The predicted molar refractivity (Wildman–Crippen MR) is 92.7 cm³/mol. The highest BCUT2D eigenvalue weighted by atomic mass is 32.1. The van der Waals surface area contributed by atoms with E-state index >= 15 is 0 Å². The van der Waals surface area contributed by atoms with Crippen molar-refractivity contribution in [3.63, 3.8) is 0 Å². The molecule has 1 aliphatic rings. The number of pyridine rings is 1. The van der Waals surface area contributed by atoms with Gasteiger partial charge in [-0.05, 0) is 30.9 Å². The van der Waals surface area contributed by atoms with Crippen LogP contribution in [-0.4, -0.2) is 16.0 Å². The Balaban J connectivity index is 1.95. The number of anilines is 1. The maximum absolute atomic E-state index is 5.89. The lowest BCUT2D eigenvalue weighted by Gasteiger charge is -2.28. The summed E-state index contributed by atoms with van der Waals surface area (Å²) >= 11 is 5.20. The maximum atomic E-state index is 5.89. The normalized spacial score (nSPS) is 22.1. The molecular weight excluding hydrogens is 278 g/mol. The molecule has 110 valence electrons. The quantitative estimate of drug-likeness (QED) is 0.845. The Morgan fingerprint density at radius 1 is 1.33 bits per heavy atom. The number of rotatable bonds is 3. The van der Waals surface area contributed by atoms with Gasteiger partial charge in [-0.3, -0.25) is 0 Å². The highest BCUT2D eigenvalue weighted by molar-refractivity contribution is 7.80. The van der Waals surface area contributed by atoms with Gasteiger partial charge in [0.1, 0.15) is 10.8 Å². The standard InChI is InChI=1S/C17H21N3S/c1-11-5-4-7-13(9-11)19-17-14(16(18)21)10-12-6-2-3-8-15(12)20-17/h2-3,6,8,10-11,13H,4-5,7,9H2,1H3,(H2,18,21)(H,19,20). The van der Waals surface area contributed by atoms with Crippen molar-refractivity contribution in [3.05, 3.63) is 35.9 Å². The van der Waals surface area contributed by atoms with Crippen LogP contribution in [0, 0.1) is 5.92 Å². The van der Waals surface area contributed by atoms with Crippen molar-refractivity contribution in [2.24, 2.45) is 11.7 Å². The number of aromatic nitrogens is 1. The molecule has 0 aliphatic heterocycles. The third-order valence-corrected chi connectivity index (χ3v) is 4.49. The van der Waals surface area contributed by atoms with Crippen LogP contribution in [0.15, 0.2) is 30.3 Å². The molecule has 4 heteroatoms. The van der Waals surface area contributed by atoms with Gasteiger partial charge in [-0.2, -0.15) is 0 Å². The fourth-order valence-electron chi connectivity index (χ4n) is 3.17. The molecule has 0 spiro atoms. The van der Waals surface area contributed by atoms with Crippen LogP contribution in [-0.2, 0) is 0 Å². The fourth-order valence-corrected chi connectivity index (χ4v) is 3.33. The molecule has 0 radical (unpaired) electrons. The molecule has 1 saturated carbocycles. The molecule has 0 amide bonds. The number of nitrogens with zero attached hydrogens (tertiary/aromatic N) is 1. The number of fused-ring (bicyclic) bond motifs is 1. The SMILES string of the molecule is CC1CCCC(Nc2nc3ccccc3cc2C(N)=S)C1. The van der Waals surface area contributed by atoms with E-state index in [0.717, 1.165) is 28.2 Å². The zero-order valence-corrected chi connectivity index (χ0v) is 13.1. The number of hydrogen-bond acceptors (Lipinski definition) is 3. The Morgan fingerprint density at radius 2 is 2.14 bits per heavy atom. The second-order valence-electron chi connectivity index (χ2n) is 6.05. The molecule has 21 heavy (non-hydrogen) atoms. The van der Waals surface area contributed by atoms with Crippen molar-refractivity contribution >= 4 is 33.9 Å². The summed E-state index contributed by atoms with van der Waals surface area (Å²) in [6.45, 7) is 2.32. The molecule has 0 bridgehead atoms. The highest BCUT2D eigenvalue weighted by Crippen LogP contribution is 2.28. The molecule has 2 unspecified atom stereocenters. The first-order valence-corrected chi connectivity index (χ1v) is 8.00. The van der Waals surface area contributed by atoms with E-state index in [1.165, 1.54) is 25.7 Å². The Morgan fingerprint density at radius 3 is 2.90 bits per heavy atom. The third kappa shape index (κ3) is 3.16. The van der Waals surface area contributed by atoms with Gasteiger partial charge in [0.05, 0.1) is 11.1 Å². The zero-order chi connectivity index (χ0) is 14.8. The van der Waals surface area contributed by atoms with Crippen LogP contribution in [0.4, 0.5) is 5.82 Å². The second kappa shape index (κ2) is 5.98. The summed E-state index contributed by atoms with van der Waals surface area (Å²) in [5.74, 6) is 1.60.